The Morgan fingerprint density at radius 3 is 2.39 bits per heavy atom. The Hall–Kier alpha value is -5.02. The minimum Gasteiger partial charge on any atom is -0.380 e. The number of pyridine rings is 2. The zero-order valence-electron chi connectivity index (χ0n) is 25.0. The zero-order chi connectivity index (χ0) is 30.8. The largest absolute Gasteiger partial charge is 0.380 e. The van der Waals surface area contributed by atoms with Crippen molar-refractivity contribution in [2.24, 2.45) is 0 Å². The molecule has 0 atom stereocenters. The van der Waals surface area contributed by atoms with Crippen LogP contribution in [0.3, 0.4) is 0 Å². The van der Waals surface area contributed by atoms with Crippen LogP contribution in [0.4, 0.5) is 21.6 Å². The summed E-state index contributed by atoms with van der Waals surface area (Å²) in [7, 11) is 1.63. The number of Topliss-reactive ketones (excluding diaryl/α,β-unsaturated/α-hetero) is 1. The van der Waals surface area contributed by atoms with Gasteiger partial charge in [-0.3, -0.25) is 9.59 Å². The first-order chi connectivity index (χ1) is 21.3. The van der Waals surface area contributed by atoms with E-state index in [0.29, 0.717) is 23.4 Å². The number of amides is 1. The molecule has 0 spiro atoms. The average molecular weight is 592 g/mol. The maximum atomic E-state index is 14.2. The average Bonchev–Trinajstić information content (AvgIpc) is 3.39. The molecule has 1 saturated heterocycles. The molecule has 0 unspecified atom stereocenters. The molecule has 3 aromatic heterocycles. The number of nitrogens with one attached hydrogen (secondary N) is 1. The topological polar surface area (TPSA) is 79.2 Å². The summed E-state index contributed by atoms with van der Waals surface area (Å²) in [5.74, 6) is -1.08. The van der Waals surface area contributed by atoms with Crippen LogP contribution in [0.5, 0.6) is 0 Å². The minimum atomic E-state index is -0.808. The van der Waals surface area contributed by atoms with Crippen molar-refractivity contribution in [3.8, 4) is 11.1 Å². The zero-order valence-corrected chi connectivity index (χ0v) is 25.0. The van der Waals surface area contributed by atoms with Crippen LogP contribution in [0.15, 0.2) is 85.1 Å². The number of carbonyl (C=O) groups excluding carboxylic acids is 2. The van der Waals surface area contributed by atoms with Gasteiger partial charge in [0.15, 0.2) is 0 Å². The lowest BCUT2D eigenvalue weighted by Crippen LogP contribution is -2.47. The van der Waals surface area contributed by atoms with Gasteiger partial charge in [0.25, 0.3) is 11.7 Å². The number of hydrogen-bond donors (Lipinski definition) is 1. The van der Waals surface area contributed by atoms with Crippen LogP contribution in [0.1, 0.15) is 27.3 Å². The van der Waals surface area contributed by atoms with Crippen LogP contribution in [-0.2, 0) is 16.1 Å². The van der Waals surface area contributed by atoms with E-state index in [1.165, 1.54) is 22.2 Å². The van der Waals surface area contributed by atoms with Crippen LogP contribution >= 0.6 is 0 Å². The third kappa shape index (κ3) is 5.91. The Bertz CT molecular complexity index is 1820. The normalized spacial score (nSPS) is 13.4. The summed E-state index contributed by atoms with van der Waals surface area (Å²) in [5, 5.41) is 2.77. The molecule has 5 aromatic rings. The van der Waals surface area contributed by atoms with Gasteiger partial charge in [-0.25, -0.2) is 9.37 Å². The molecule has 1 aliphatic rings. The number of ketones is 1. The van der Waals surface area contributed by atoms with E-state index in [-0.39, 0.29) is 5.69 Å². The van der Waals surface area contributed by atoms with E-state index < -0.39 is 17.5 Å². The Morgan fingerprint density at radius 1 is 0.909 bits per heavy atom. The quantitative estimate of drug-likeness (QED) is 0.175. The van der Waals surface area contributed by atoms with Gasteiger partial charge in [-0.1, -0.05) is 30.3 Å². The first-order valence-electron chi connectivity index (χ1n) is 14.6. The van der Waals surface area contributed by atoms with Crippen LogP contribution in [0.2, 0.25) is 0 Å². The van der Waals surface area contributed by atoms with E-state index in [9.17, 15) is 14.0 Å². The standard InChI is InChI=1S/C35H34FN5O3/c1-23-17-24(2)37-32(18-23)40-15-13-39(14-16-40)31-12-10-28(19-26(31)22-44-3)38-35(43)34(42)33-30(25-7-5-4-6-8-25)20-29-11-9-27(36)21-41(29)33/h4-12,17-21H,13-16,22H2,1-3H3,(H,38,43). The number of methoxy groups -OCH3 is 1. The molecule has 224 valence electrons. The lowest BCUT2D eigenvalue weighted by molar-refractivity contribution is -0.112. The van der Waals surface area contributed by atoms with Gasteiger partial charge >= 0.3 is 0 Å². The SMILES string of the molecule is COCc1cc(NC(=O)C(=O)c2c(-c3ccccc3)cc3ccc(F)cn23)ccc1N1CCN(c2cc(C)cc(C)n2)CC1. The highest BCUT2D eigenvalue weighted by atomic mass is 19.1. The molecule has 0 radical (unpaired) electrons. The third-order valence-electron chi connectivity index (χ3n) is 7.90. The second-order valence-corrected chi connectivity index (χ2v) is 11.1. The van der Waals surface area contributed by atoms with Gasteiger partial charge in [-0.2, -0.15) is 0 Å². The number of fused-ring (bicyclic) bond motifs is 1. The Balaban J connectivity index is 1.22. The highest BCUT2D eigenvalue weighted by Crippen LogP contribution is 2.30. The molecule has 8 nitrogen and oxygen atoms in total. The minimum absolute atomic E-state index is 0.105. The van der Waals surface area contributed by atoms with Crippen molar-refractivity contribution in [1.82, 2.24) is 9.38 Å². The number of rotatable bonds is 8. The number of piperazine rings is 1. The summed E-state index contributed by atoms with van der Waals surface area (Å²) >= 11 is 0. The van der Waals surface area contributed by atoms with Gasteiger partial charge < -0.3 is 24.3 Å². The molecule has 1 aliphatic heterocycles. The maximum Gasteiger partial charge on any atom is 0.298 e. The fourth-order valence-corrected chi connectivity index (χ4v) is 5.91. The van der Waals surface area contributed by atoms with E-state index in [1.807, 2.05) is 49.4 Å². The van der Waals surface area contributed by atoms with Gasteiger partial charge in [-0.05, 0) is 73.5 Å². The number of carbonyl (C=O) groups is 2. The van der Waals surface area contributed by atoms with Crippen LogP contribution in [0.25, 0.3) is 16.6 Å². The number of anilines is 3. The van der Waals surface area contributed by atoms with E-state index >= 15 is 0 Å². The number of hydrogen-bond acceptors (Lipinski definition) is 6. The van der Waals surface area contributed by atoms with Crippen molar-refractivity contribution in [3.05, 3.63) is 113 Å². The number of halogens is 1. The molecule has 1 fully saturated rings. The molecule has 0 aliphatic carbocycles. The van der Waals surface area contributed by atoms with Crippen molar-refractivity contribution in [3.63, 3.8) is 0 Å². The van der Waals surface area contributed by atoms with E-state index in [1.54, 1.807) is 25.3 Å². The molecule has 0 bridgehead atoms. The molecule has 0 saturated carbocycles. The first kappa shape index (κ1) is 29.1. The summed E-state index contributed by atoms with van der Waals surface area (Å²) in [4.78, 5) is 36.3. The molecule has 44 heavy (non-hydrogen) atoms. The van der Waals surface area contributed by atoms with Crippen molar-refractivity contribution in [2.45, 2.75) is 20.5 Å². The van der Waals surface area contributed by atoms with Gasteiger partial charge in [0, 0.05) is 73.2 Å². The highest BCUT2D eigenvalue weighted by Gasteiger charge is 2.26. The van der Waals surface area contributed by atoms with Gasteiger partial charge in [0.05, 0.1) is 6.61 Å². The second kappa shape index (κ2) is 12.3. The predicted molar refractivity (Wildman–Crippen MR) is 171 cm³/mol. The van der Waals surface area contributed by atoms with E-state index in [2.05, 4.69) is 34.2 Å². The summed E-state index contributed by atoms with van der Waals surface area (Å²) in [6, 6.07) is 23.8. The van der Waals surface area contributed by atoms with Crippen molar-refractivity contribution < 1.29 is 18.7 Å². The number of nitrogens with zero attached hydrogens (tertiary/aromatic N) is 4. The van der Waals surface area contributed by atoms with Crippen molar-refractivity contribution >= 4 is 34.4 Å². The number of aryl methyl sites for hydroxylation is 2. The lowest BCUT2D eigenvalue weighted by atomic mass is 10.0. The molecular formula is C35H34FN5O3. The molecule has 1 amide bonds. The summed E-state index contributed by atoms with van der Waals surface area (Å²) < 4.78 is 21.2. The third-order valence-corrected chi connectivity index (χ3v) is 7.90. The number of aromatic nitrogens is 2. The van der Waals surface area contributed by atoms with E-state index in [0.717, 1.165) is 54.5 Å². The predicted octanol–water partition coefficient (Wildman–Crippen LogP) is 6.05. The van der Waals surface area contributed by atoms with Crippen molar-refractivity contribution in [1.29, 1.82) is 0 Å². The van der Waals surface area contributed by atoms with Crippen LogP contribution in [-0.4, -0.2) is 54.4 Å². The molecule has 1 N–H and O–H groups in total. The smallest absolute Gasteiger partial charge is 0.298 e. The van der Waals surface area contributed by atoms with E-state index in [4.69, 9.17) is 9.72 Å². The maximum absolute atomic E-state index is 14.2. The Labute approximate surface area is 255 Å². The highest BCUT2D eigenvalue weighted by molar-refractivity contribution is 6.47. The van der Waals surface area contributed by atoms with Gasteiger partial charge in [0.1, 0.15) is 17.3 Å². The Morgan fingerprint density at radius 2 is 1.66 bits per heavy atom. The molecule has 9 heteroatoms. The fourth-order valence-electron chi connectivity index (χ4n) is 5.91. The number of benzene rings is 2. The molecule has 2 aromatic carbocycles. The molecular weight excluding hydrogens is 557 g/mol. The monoisotopic (exact) mass is 591 g/mol. The van der Waals surface area contributed by atoms with Crippen LogP contribution < -0.4 is 15.1 Å². The number of ether oxygens (including phenoxy) is 1. The Kier molecular flexibility index (Phi) is 8.13. The van der Waals surface area contributed by atoms with Gasteiger partial charge in [-0.15, -0.1) is 0 Å². The summed E-state index contributed by atoms with van der Waals surface area (Å²) in [6.07, 6.45) is 1.23. The van der Waals surface area contributed by atoms with Crippen LogP contribution in [0, 0.1) is 19.7 Å². The molecule has 4 heterocycles. The molecule has 6 rings (SSSR count). The van der Waals surface area contributed by atoms with Crippen molar-refractivity contribution in [2.75, 3.05) is 48.4 Å². The second-order valence-electron chi connectivity index (χ2n) is 11.1. The first-order valence-corrected chi connectivity index (χ1v) is 14.6. The lowest BCUT2D eigenvalue weighted by Gasteiger charge is -2.37. The van der Waals surface area contributed by atoms with Gasteiger partial charge in [0.2, 0.25) is 0 Å². The fraction of sp³-hybridized carbons (Fsp3) is 0.229. The summed E-state index contributed by atoms with van der Waals surface area (Å²) in [6.45, 7) is 7.69. The summed E-state index contributed by atoms with van der Waals surface area (Å²) in [5.41, 5.74) is 6.63.